The maximum atomic E-state index is 12.2. The normalized spacial score (nSPS) is 25.6. The number of amides is 1. The molecule has 4 N–H and O–H groups in total. The van der Waals surface area contributed by atoms with Gasteiger partial charge in [0.15, 0.2) is 0 Å². The number of nitrogens with one attached hydrogen (secondary N) is 3. The molecular weight excluding hydrogens is 313 g/mol. The van der Waals surface area contributed by atoms with Gasteiger partial charge in [-0.25, -0.2) is 0 Å². The maximum absolute atomic E-state index is 12.2. The Morgan fingerprint density at radius 1 is 1.29 bits per heavy atom. The molecule has 2 saturated heterocycles. The van der Waals surface area contributed by atoms with E-state index in [1.807, 2.05) is 0 Å². The molecular formula is C14H17Cl2N3O2. The highest BCUT2D eigenvalue weighted by molar-refractivity contribution is 6.42. The molecule has 0 bridgehead atoms. The van der Waals surface area contributed by atoms with Crippen molar-refractivity contribution in [1.82, 2.24) is 16.0 Å². The minimum absolute atomic E-state index is 0.0501. The number of carbonyl (C=O) groups excluding carboxylic acids is 1. The van der Waals surface area contributed by atoms with Crippen LogP contribution in [0.15, 0.2) is 12.1 Å². The van der Waals surface area contributed by atoms with E-state index in [0.717, 1.165) is 13.1 Å². The van der Waals surface area contributed by atoms with E-state index in [0.29, 0.717) is 28.6 Å². The second kappa shape index (κ2) is 6.01. The summed E-state index contributed by atoms with van der Waals surface area (Å²) in [5.41, 5.74) is 0.574. The number of hydrogen-bond donors (Lipinski definition) is 4. The monoisotopic (exact) mass is 329 g/mol. The summed E-state index contributed by atoms with van der Waals surface area (Å²) in [5, 5.41) is 20.1. The predicted molar refractivity (Wildman–Crippen MR) is 81.8 cm³/mol. The molecule has 0 spiro atoms. The molecule has 0 aliphatic carbocycles. The number of aromatic hydroxyl groups is 1. The van der Waals surface area contributed by atoms with Crippen LogP contribution < -0.4 is 16.0 Å². The fourth-order valence-corrected chi connectivity index (χ4v) is 3.21. The van der Waals surface area contributed by atoms with Gasteiger partial charge < -0.3 is 21.1 Å². The van der Waals surface area contributed by atoms with Crippen LogP contribution in [0.2, 0.25) is 10.0 Å². The summed E-state index contributed by atoms with van der Waals surface area (Å²) in [6.45, 7) is 2.23. The third-order valence-corrected chi connectivity index (χ3v) is 4.91. The molecule has 1 aromatic rings. The Morgan fingerprint density at radius 2 is 2.05 bits per heavy atom. The van der Waals surface area contributed by atoms with Gasteiger partial charge in [-0.15, -0.1) is 0 Å². The molecule has 2 fully saturated rings. The Kier molecular flexibility index (Phi) is 4.26. The zero-order chi connectivity index (χ0) is 15.0. The molecule has 0 radical (unpaired) electrons. The van der Waals surface area contributed by atoms with Crippen LogP contribution in [-0.2, 0) is 4.79 Å². The lowest BCUT2D eigenvalue weighted by atomic mass is 9.98. The summed E-state index contributed by atoms with van der Waals surface area (Å²) in [4.78, 5) is 12.2. The molecule has 21 heavy (non-hydrogen) atoms. The first kappa shape index (κ1) is 14.9. The molecule has 0 unspecified atom stereocenters. The van der Waals surface area contributed by atoms with Gasteiger partial charge in [-0.05, 0) is 18.6 Å². The molecule has 2 atom stereocenters. The summed E-state index contributed by atoms with van der Waals surface area (Å²) in [7, 11) is 0. The SMILES string of the molecule is O=C(NC1CNC1)[C@@H]1CN[C@H](c2c(O)ccc(Cl)c2Cl)C1. The Bertz CT molecular complexity index is 563. The van der Waals surface area contributed by atoms with Crippen molar-refractivity contribution in [2.45, 2.75) is 18.5 Å². The molecule has 2 aliphatic rings. The van der Waals surface area contributed by atoms with Crippen molar-refractivity contribution >= 4 is 29.1 Å². The van der Waals surface area contributed by atoms with Crippen LogP contribution >= 0.6 is 23.2 Å². The van der Waals surface area contributed by atoms with Crippen molar-refractivity contribution in [2.24, 2.45) is 5.92 Å². The van der Waals surface area contributed by atoms with E-state index in [1.54, 1.807) is 6.07 Å². The highest BCUT2D eigenvalue weighted by Crippen LogP contribution is 2.40. The second-order valence-corrected chi connectivity index (χ2v) is 6.34. The average molecular weight is 330 g/mol. The van der Waals surface area contributed by atoms with Crippen LogP contribution in [0.3, 0.4) is 0 Å². The van der Waals surface area contributed by atoms with Gasteiger partial charge in [0.25, 0.3) is 0 Å². The number of phenolic OH excluding ortho intramolecular Hbond substituents is 1. The summed E-state index contributed by atoms with van der Waals surface area (Å²) in [5.74, 6) is 0.0327. The van der Waals surface area contributed by atoms with E-state index in [-0.39, 0.29) is 29.7 Å². The topological polar surface area (TPSA) is 73.4 Å². The van der Waals surface area contributed by atoms with Crippen molar-refractivity contribution in [3.8, 4) is 5.75 Å². The van der Waals surface area contributed by atoms with Crippen molar-refractivity contribution in [3.63, 3.8) is 0 Å². The van der Waals surface area contributed by atoms with Crippen LogP contribution in [0.25, 0.3) is 0 Å². The Morgan fingerprint density at radius 3 is 2.71 bits per heavy atom. The number of benzene rings is 1. The third kappa shape index (κ3) is 2.97. The van der Waals surface area contributed by atoms with Gasteiger partial charge in [0.2, 0.25) is 5.91 Å². The molecule has 2 aliphatic heterocycles. The van der Waals surface area contributed by atoms with Crippen molar-refractivity contribution < 1.29 is 9.90 Å². The fraction of sp³-hybridized carbons (Fsp3) is 0.500. The van der Waals surface area contributed by atoms with E-state index in [2.05, 4.69) is 16.0 Å². The summed E-state index contributed by atoms with van der Waals surface area (Å²) in [6.07, 6.45) is 0.597. The highest BCUT2D eigenvalue weighted by Gasteiger charge is 2.34. The first-order chi connectivity index (χ1) is 10.1. The van der Waals surface area contributed by atoms with Crippen LogP contribution in [-0.4, -0.2) is 36.7 Å². The van der Waals surface area contributed by atoms with E-state index >= 15 is 0 Å². The minimum atomic E-state index is -0.161. The summed E-state index contributed by atoms with van der Waals surface area (Å²) in [6, 6.07) is 3.16. The third-order valence-electron chi connectivity index (χ3n) is 4.09. The zero-order valence-electron chi connectivity index (χ0n) is 11.3. The lowest BCUT2D eigenvalue weighted by molar-refractivity contribution is -0.125. The van der Waals surface area contributed by atoms with Crippen molar-refractivity contribution in [1.29, 1.82) is 0 Å². The number of rotatable bonds is 3. The van der Waals surface area contributed by atoms with Gasteiger partial charge in [0.1, 0.15) is 5.75 Å². The van der Waals surface area contributed by atoms with Crippen LogP contribution in [0, 0.1) is 5.92 Å². The van der Waals surface area contributed by atoms with E-state index in [1.165, 1.54) is 6.07 Å². The van der Waals surface area contributed by atoms with Gasteiger partial charge in [0.05, 0.1) is 22.0 Å². The van der Waals surface area contributed by atoms with Crippen LogP contribution in [0.4, 0.5) is 0 Å². The molecule has 0 aromatic heterocycles. The first-order valence-electron chi connectivity index (χ1n) is 6.97. The van der Waals surface area contributed by atoms with Crippen LogP contribution in [0.5, 0.6) is 5.75 Å². The largest absolute Gasteiger partial charge is 0.508 e. The molecule has 5 nitrogen and oxygen atoms in total. The molecule has 3 rings (SSSR count). The number of phenols is 1. The minimum Gasteiger partial charge on any atom is -0.508 e. The smallest absolute Gasteiger partial charge is 0.224 e. The summed E-state index contributed by atoms with van der Waals surface area (Å²) >= 11 is 12.2. The van der Waals surface area contributed by atoms with Crippen molar-refractivity contribution in [3.05, 3.63) is 27.7 Å². The molecule has 2 heterocycles. The summed E-state index contributed by atoms with van der Waals surface area (Å²) < 4.78 is 0. The second-order valence-electron chi connectivity index (χ2n) is 5.55. The van der Waals surface area contributed by atoms with E-state index in [9.17, 15) is 9.90 Å². The molecule has 0 saturated carbocycles. The number of hydrogen-bond acceptors (Lipinski definition) is 4. The van der Waals surface area contributed by atoms with Crippen molar-refractivity contribution in [2.75, 3.05) is 19.6 Å². The fourth-order valence-electron chi connectivity index (χ4n) is 2.75. The molecule has 1 aromatic carbocycles. The quantitative estimate of drug-likeness (QED) is 0.677. The standard InChI is InChI=1S/C14H17Cl2N3O2/c15-9-1-2-11(20)12(13(9)16)10-3-7(4-18-10)14(21)19-8-5-17-6-8/h1-2,7-8,10,17-18,20H,3-6H2,(H,19,21)/t7-,10-/m0/s1. The lowest BCUT2D eigenvalue weighted by Crippen LogP contribution is -2.58. The average Bonchev–Trinajstić information content (AvgIpc) is 2.88. The Labute approximate surface area is 133 Å². The van der Waals surface area contributed by atoms with E-state index in [4.69, 9.17) is 23.2 Å². The van der Waals surface area contributed by atoms with Gasteiger partial charge in [-0.2, -0.15) is 0 Å². The lowest BCUT2D eigenvalue weighted by Gasteiger charge is -2.29. The Balaban J connectivity index is 1.69. The molecule has 114 valence electrons. The maximum Gasteiger partial charge on any atom is 0.224 e. The number of carbonyl (C=O) groups is 1. The molecule has 1 amide bonds. The molecule has 7 heteroatoms. The number of halogens is 2. The highest BCUT2D eigenvalue weighted by atomic mass is 35.5. The van der Waals surface area contributed by atoms with Crippen LogP contribution in [0.1, 0.15) is 18.0 Å². The van der Waals surface area contributed by atoms with E-state index < -0.39 is 0 Å². The van der Waals surface area contributed by atoms with Gasteiger partial charge >= 0.3 is 0 Å². The van der Waals surface area contributed by atoms with Gasteiger partial charge in [-0.1, -0.05) is 23.2 Å². The zero-order valence-corrected chi connectivity index (χ0v) is 12.8. The Hall–Kier alpha value is -1.01. The predicted octanol–water partition coefficient (Wildman–Crippen LogP) is 1.44. The van der Waals surface area contributed by atoms with Gasteiger partial charge in [0, 0.05) is 31.2 Å². The van der Waals surface area contributed by atoms with Gasteiger partial charge in [-0.3, -0.25) is 4.79 Å². The first-order valence-corrected chi connectivity index (χ1v) is 7.73.